The fraction of sp³-hybridized carbons (Fsp3) is 0.250. The van der Waals surface area contributed by atoms with Gasteiger partial charge in [0.15, 0.2) is 5.69 Å². The highest BCUT2D eigenvalue weighted by Crippen LogP contribution is 2.26. The van der Waals surface area contributed by atoms with E-state index in [0.717, 1.165) is 0 Å². The molecule has 0 spiro atoms. The average molecular weight is 298 g/mol. The number of carbonyl (C=O) groups is 1. The largest absolute Gasteiger partial charge is 0.433 e. The lowest BCUT2D eigenvalue weighted by Crippen LogP contribution is -2.20. The van der Waals surface area contributed by atoms with Crippen molar-refractivity contribution in [3.05, 3.63) is 22.1 Å². The van der Waals surface area contributed by atoms with Crippen molar-refractivity contribution in [2.45, 2.75) is 13.1 Å². The Labute approximate surface area is 109 Å². The first-order chi connectivity index (χ1) is 8.27. The Morgan fingerprint density at radius 1 is 1.42 bits per heavy atom. The van der Waals surface area contributed by atoms with Gasteiger partial charge in [-0.1, -0.05) is 0 Å². The van der Waals surface area contributed by atoms with Crippen LogP contribution in [0.2, 0.25) is 0 Å². The molecular weight excluding hydrogens is 291 g/mol. The number of hydrogen-bond acceptors (Lipinski definition) is 4. The average Bonchev–Trinajstić information content (AvgIpc) is 2.58. The highest BCUT2D eigenvalue weighted by Gasteiger charge is 2.33. The molecule has 2 aromatic rings. The van der Waals surface area contributed by atoms with Crippen molar-refractivity contribution in [1.29, 1.82) is 0 Å². The van der Waals surface area contributed by atoms with Crippen LogP contribution in [0, 0.1) is 0 Å². The minimum Gasteiger partial charge on any atom is -0.295 e. The number of H-pyrrole nitrogens is 1. The van der Waals surface area contributed by atoms with E-state index in [2.05, 4.69) is 20.4 Å². The lowest BCUT2D eigenvalue weighted by molar-refractivity contribution is -0.141. The van der Waals surface area contributed by atoms with E-state index >= 15 is 0 Å². The van der Waals surface area contributed by atoms with Crippen LogP contribution < -0.4 is 10.9 Å². The second-order valence-corrected chi connectivity index (χ2v) is 3.37. The summed E-state index contributed by atoms with van der Waals surface area (Å²) in [5.74, 6) is -1.12. The highest BCUT2D eigenvalue weighted by molar-refractivity contribution is 5.86. The van der Waals surface area contributed by atoms with Crippen molar-refractivity contribution in [2.75, 3.05) is 5.32 Å². The van der Waals surface area contributed by atoms with Crippen molar-refractivity contribution in [3.8, 4) is 0 Å². The number of alkyl halides is 3. The summed E-state index contributed by atoms with van der Waals surface area (Å²) in [4.78, 5) is 28.9. The number of halogens is 4. The van der Waals surface area contributed by atoms with E-state index in [-0.39, 0.29) is 18.4 Å². The van der Waals surface area contributed by atoms with Crippen molar-refractivity contribution in [1.82, 2.24) is 19.6 Å². The molecule has 2 N–H and O–H groups in total. The molecule has 0 unspecified atom stereocenters. The molecule has 7 nitrogen and oxygen atoms in total. The van der Waals surface area contributed by atoms with Crippen LogP contribution in [0.15, 0.2) is 10.9 Å². The Kier molecular flexibility index (Phi) is 3.84. The van der Waals surface area contributed by atoms with Gasteiger partial charge in [-0.2, -0.15) is 22.7 Å². The van der Waals surface area contributed by atoms with Crippen molar-refractivity contribution < 1.29 is 18.0 Å². The first-order valence-electron chi connectivity index (χ1n) is 4.62. The molecule has 0 aliphatic carbocycles. The zero-order chi connectivity index (χ0) is 13.5. The lowest BCUT2D eigenvalue weighted by Gasteiger charge is -2.03. The van der Waals surface area contributed by atoms with Crippen LogP contribution >= 0.6 is 12.4 Å². The Bertz CT molecular complexity index is 677. The number of fused-ring (bicyclic) bond motifs is 1. The molecule has 1 amide bonds. The van der Waals surface area contributed by atoms with E-state index in [4.69, 9.17) is 0 Å². The molecule has 2 heterocycles. The molecule has 0 saturated carbocycles. The number of carbonyl (C=O) groups excluding carboxylic acids is 1. The summed E-state index contributed by atoms with van der Waals surface area (Å²) in [5.41, 5.74) is -2.31. The molecule has 104 valence electrons. The molecule has 0 aliphatic heterocycles. The van der Waals surface area contributed by atoms with Gasteiger partial charge in [-0.3, -0.25) is 20.0 Å². The Balaban J connectivity index is 0.00000180. The third kappa shape index (κ3) is 3.02. The summed E-state index contributed by atoms with van der Waals surface area (Å²) in [5, 5.41) is 4.50. The second kappa shape index (κ2) is 4.88. The predicted octanol–water partition coefficient (Wildman–Crippen LogP) is 0.817. The number of nitrogens with one attached hydrogen (secondary N) is 2. The van der Waals surface area contributed by atoms with Gasteiger partial charge in [0.05, 0.1) is 0 Å². The van der Waals surface area contributed by atoms with E-state index in [1.54, 1.807) is 0 Å². The molecule has 11 heteroatoms. The molecule has 19 heavy (non-hydrogen) atoms. The van der Waals surface area contributed by atoms with Crippen LogP contribution in [0.4, 0.5) is 19.1 Å². The maximum atomic E-state index is 12.4. The molecule has 0 bridgehead atoms. The predicted molar refractivity (Wildman–Crippen MR) is 60.2 cm³/mol. The maximum Gasteiger partial charge on any atom is 0.433 e. The lowest BCUT2D eigenvalue weighted by atomic mass is 10.4. The van der Waals surface area contributed by atoms with Gasteiger partial charge in [-0.15, -0.1) is 12.4 Å². The Hall–Kier alpha value is -2.10. The van der Waals surface area contributed by atoms with Crippen molar-refractivity contribution in [2.24, 2.45) is 0 Å². The van der Waals surface area contributed by atoms with Crippen LogP contribution in [-0.4, -0.2) is 25.5 Å². The van der Waals surface area contributed by atoms with Gasteiger partial charge in [-0.25, -0.2) is 4.98 Å². The van der Waals surface area contributed by atoms with Crippen LogP contribution in [-0.2, 0) is 11.0 Å². The zero-order valence-electron chi connectivity index (χ0n) is 9.28. The number of aromatic amines is 1. The van der Waals surface area contributed by atoms with Crippen molar-refractivity contribution >= 4 is 30.0 Å². The van der Waals surface area contributed by atoms with Gasteiger partial charge in [0.2, 0.25) is 11.9 Å². The summed E-state index contributed by atoms with van der Waals surface area (Å²) < 4.78 is 37.9. The van der Waals surface area contributed by atoms with Gasteiger partial charge in [0.25, 0.3) is 11.3 Å². The van der Waals surface area contributed by atoms with Crippen LogP contribution in [0.1, 0.15) is 12.6 Å². The standard InChI is InChI=1S/C8H6F3N5O2.ClH/c1-3(17)12-6-14-7-13-4(8(9,10)11)2-5(18)16(7)15-6;/h2H,1H3,(H2,12,13,14,15,17);1H. The first kappa shape index (κ1) is 15.0. The number of amides is 1. The molecule has 0 saturated heterocycles. The Morgan fingerprint density at radius 3 is 2.58 bits per heavy atom. The number of nitrogens with zero attached hydrogens (tertiary/aromatic N) is 3. The third-order valence-electron chi connectivity index (χ3n) is 1.92. The van der Waals surface area contributed by atoms with Gasteiger partial charge < -0.3 is 0 Å². The molecule has 2 aromatic heterocycles. The van der Waals surface area contributed by atoms with Gasteiger partial charge in [0, 0.05) is 13.0 Å². The van der Waals surface area contributed by atoms with Crippen molar-refractivity contribution in [3.63, 3.8) is 0 Å². The van der Waals surface area contributed by atoms with Gasteiger partial charge >= 0.3 is 6.18 Å². The molecule has 0 aliphatic rings. The minimum atomic E-state index is -4.74. The number of aromatic nitrogens is 4. The van der Waals surface area contributed by atoms with E-state index in [0.29, 0.717) is 10.6 Å². The maximum absolute atomic E-state index is 12.4. The fourth-order valence-corrected chi connectivity index (χ4v) is 1.25. The van der Waals surface area contributed by atoms with Crippen LogP contribution in [0.25, 0.3) is 5.78 Å². The van der Waals surface area contributed by atoms with Crippen LogP contribution in [0.3, 0.4) is 0 Å². The monoisotopic (exact) mass is 297 g/mol. The second-order valence-electron chi connectivity index (χ2n) is 3.37. The Morgan fingerprint density at radius 2 is 2.05 bits per heavy atom. The number of hydrogen-bond donors (Lipinski definition) is 2. The van der Waals surface area contributed by atoms with E-state index in [1.807, 2.05) is 0 Å². The molecule has 2 rings (SSSR count). The third-order valence-corrected chi connectivity index (χ3v) is 1.92. The minimum absolute atomic E-state index is 0. The number of rotatable bonds is 1. The molecule has 0 fully saturated rings. The normalized spacial score (nSPS) is 11.2. The summed E-state index contributed by atoms with van der Waals surface area (Å²) >= 11 is 0. The summed E-state index contributed by atoms with van der Waals surface area (Å²) in [6.45, 7) is 1.19. The molecule has 0 atom stereocenters. The van der Waals surface area contributed by atoms with E-state index < -0.39 is 29.1 Å². The highest BCUT2D eigenvalue weighted by atomic mass is 35.5. The van der Waals surface area contributed by atoms with Crippen LogP contribution in [0.5, 0.6) is 0 Å². The summed E-state index contributed by atoms with van der Waals surface area (Å²) in [6, 6.07) is 0.336. The first-order valence-corrected chi connectivity index (χ1v) is 4.62. The van der Waals surface area contributed by atoms with E-state index in [1.165, 1.54) is 6.92 Å². The van der Waals surface area contributed by atoms with E-state index in [9.17, 15) is 22.8 Å². The van der Waals surface area contributed by atoms with Gasteiger partial charge in [0.1, 0.15) is 0 Å². The smallest absolute Gasteiger partial charge is 0.295 e. The zero-order valence-corrected chi connectivity index (χ0v) is 10.1. The summed E-state index contributed by atoms with van der Waals surface area (Å²) in [6.07, 6.45) is -4.74. The molecule has 0 radical (unpaired) electrons. The fourth-order valence-electron chi connectivity index (χ4n) is 1.25. The summed E-state index contributed by atoms with van der Waals surface area (Å²) in [7, 11) is 0. The quantitative estimate of drug-likeness (QED) is 0.815. The topological polar surface area (TPSA) is 92.2 Å². The molecular formula is C8H7ClF3N5O2. The van der Waals surface area contributed by atoms with Gasteiger partial charge in [-0.05, 0) is 0 Å². The SMILES string of the molecule is CC(=O)Nc1nc2nc(C(F)(F)F)cc(=O)n2[nH]1.Cl. The molecule has 0 aromatic carbocycles. The number of anilines is 1.